The number of imidazole rings is 1. The molecule has 2 aromatic heterocycles. The van der Waals surface area contributed by atoms with Crippen LogP contribution in [0.3, 0.4) is 0 Å². The highest BCUT2D eigenvalue weighted by Gasteiger charge is 2.17. The summed E-state index contributed by atoms with van der Waals surface area (Å²) >= 11 is 0. The molecule has 0 saturated carbocycles. The van der Waals surface area contributed by atoms with E-state index >= 15 is 0 Å². The molecular formula is C17H20N6O2. The molecule has 3 rings (SSSR count). The minimum atomic E-state index is -0.554. The number of carbonyl (C=O) groups is 1. The van der Waals surface area contributed by atoms with Crippen molar-refractivity contribution in [3.8, 4) is 5.69 Å². The summed E-state index contributed by atoms with van der Waals surface area (Å²) in [6.07, 6.45) is 2.61. The summed E-state index contributed by atoms with van der Waals surface area (Å²) in [5, 5.41) is 2.69. The maximum absolute atomic E-state index is 11.8. The molecule has 0 saturated heterocycles. The summed E-state index contributed by atoms with van der Waals surface area (Å²) in [5.74, 6) is 0. The minimum absolute atomic E-state index is 0.201. The van der Waals surface area contributed by atoms with Crippen LogP contribution in [0.1, 0.15) is 26.5 Å². The van der Waals surface area contributed by atoms with Crippen molar-refractivity contribution in [1.29, 1.82) is 0 Å². The second-order valence-electron chi connectivity index (χ2n) is 6.55. The number of carbonyl (C=O) groups excluding carboxylic acids is 1. The number of nitrogens with one attached hydrogen (secondary N) is 1. The maximum atomic E-state index is 11.8. The van der Waals surface area contributed by atoms with Crippen molar-refractivity contribution in [1.82, 2.24) is 24.8 Å². The molecule has 1 amide bonds. The maximum Gasteiger partial charge on any atom is 0.407 e. The number of anilines is 1. The van der Waals surface area contributed by atoms with Crippen molar-refractivity contribution in [2.24, 2.45) is 0 Å². The fraction of sp³-hybridized carbons (Fsp3) is 0.294. The Kier molecular flexibility index (Phi) is 4.26. The molecule has 0 aliphatic carbocycles. The molecule has 8 heteroatoms. The highest BCUT2D eigenvalue weighted by molar-refractivity contribution is 5.76. The van der Waals surface area contributed by atoms with Crippen molar-refractivity contribution >= 4 is 22.9 Å². The zero-order chi connectivity index (χ0) is 18.0. The van der Waals surface area contributed by atoms with Gasteiger partial charge in [0.15, 0.2) is 5.65 Å². The van der Waals surface area contributed by atoms with Gasteiger partial charge in [0, 0.05) is 11.4 Å². The van der Waals surface area contributed by atoms with Crippen molar-refractivity contribution in [3.05, 3.63) is 42.6 Å². The average Bonchev–Trinajstić information content (AvgIpc) is 2.96. The lowest BCUT2D eigenvalue weighted by Crippen LogP contribution is -2.32. The molecular weight excluding hydrogens is 320 g/mol. The zero-order valence-electron chi connectivity index (χ0n) is 14.4. The van der Waals surface area contributed by atoms with E-state index in [1.165, 1.54) is 6.33 Å². The molecule has 130 valence electrons. The Balaban J connectivity index is 1.84. The quantitative estimate of drug-likeness (QED) is 0.709. The molecule has 25 heavy (non-hydrogen) atoms. The van der Waals surface area contributed by atoms with Gasteiger partial charge in [-0.1, -0.05) is 0 Å². The van der Waals surface area contributed by atoms with Crippen LogP contribution < -0.4 is 11.1 Å². The van der Waals surface area contributed by atoms with Crippen LogP contribution in [-0.2, 0) is 11.3 Å². The largest absolute Gasteiger partial charge is 0.444 e. The summed E-state index contributed by atoms with van der Waals surface area (Å²) in [4.78, 5) is 24.7. The van der Waals surface area contributed by atoms with Crippen LogP contribution in [0, 0.1) is 0 Å². The molecule has 8 nitrogen and oxygen atoms in total. The van der Waals surface area contributed by atoms with Crippen LogP contribution in [-0.4, -0.2) is 31.2 Å². The smallest absolute Gasteiger partial charge is 0.407 e. The Labute approximate surface area is 145 Å². The summed E-state index contributed by atoms with van der Waals surface area (Å²) < 4.78 is 7.07. The van der Waals surface area contributed by atoms with E-state index in [4.69, 9.17) is 10.5 Å². The van der Waals surface area contributed by atoms with Crippen molar-refractivity contribution in [2.45, 2.75) is 32.9 Å². The molecule has 0 unspecified atom stereocenters. The summed E-state index contributed by atoms with van der Waals surface area (Å²) in [6, 6.07) is 7.40. The van der Waals surface area contributed by atoms with E-state index in [1.54, 1.807) is 6.33 Å². The van der Waals surface area contributed by atoms with E-state index in [9.17, 15) is 4.79 Å². The molecule has 0 aliphatic rings. The number of hydrogen-bond donors (Lipinski definition) is 2. The summed E-state index contributed by atoms with van der Waals surface area (Å²) in [7, 11) is 0. The normalized spacial score (nSPS) is 11.5. The number of benzene rings is 1. The van der Waals surface area contributed by atoms with Crippen molar-refractivity contribution in [3.63, 3.8) is 0 Å². The van der Waals surface area contributed by atoms with E-state index in [2.05, 4.69) is 20.3 Å². The minimum Gasteiger partial charge on any atom is -0.444 e. The summed E-state index contributed by atoms with van der Waals surface area (Å²) in [5.41, 5.74) is 8.64. The number of aromatic nitrogens is 4. The predicted octanol–water partition coefficient (Wildman–Crippen LogP) is 2.42. The second-order valence-corrected chi connectivity index (χ2v) is 6.55. The van der Waals surface area contributed by atoms with Crippen molar-refractivity contribution < 1.29 is 9.53 Å². The number of hydrogen-bond acceptors (Lipinski definition) is 6. The number of amides is 1. The monoisotopic (exact) mass is 340 g/mol. The van der Waals surface area contributed by atoms with Gasteiger partial charge in [-0.2, -0.15) is 0 Å². The second kappa shape index (κ2) is 6.39. The molecule has 0 radical (unpaired) electrons. The van der Waals surface area contributed by atoms with E-state index in [0.29, 0.717) is 22.5 Å². The average molecular weight is 340 g/mol. The number of fused-ring (bicyclic) bond motifs is 1. The van der Waals surface area contributed by atoms with Crippen molar-refractivity contribution in [2.75, 3.05) is 5.73 Å². The Morgan fingerprint density at radius 2 is 1.92 bits per heavy atom. The lowest BCUT2D eigenvalue weighted by atomic mass is 10.2. The van der Waals surface area contributed by atoms with Gasteiger partial charge in [-0.15, -0.1) is 0 Å². The van der Waals surface area contributed by atoms with Crippen LogP contribution in [0.15, 0.2) is 36.9 Å². The lowest BCUT2D eigenvalue weighted by molar-refractivity contribution is 0.0523. The topological polar surface area (TPSA) is 108 Å². The van der Waals surface area contributed by atoms with Crippen LogP contribution in [0.5, 0.6) is 0 Å². The molecule has 3 aromatic rings. The first-order valence-electron chi connectivity index (χ1n) is 7.83. The van der Waals surface area contributed by atoms with E-state index in [-0.39, 0.29) is 6.54 Å². The Morgan fingerprint density at radius 3 is 2.60 bits per heavy atom. The first-order valence-corrected chi connectivity index (χ1v) is 7.83. The van der Waals surface area contributed by atoms with E-state index in [1.807, 2.05) is 49.6 Å². The molecule has 0 atom stereocenters. The number of rotatable bonds is 3. The molecule has 2 heterocycles. The molecule has 3 N–H and O–H groups in total. The third-order valence-electron chi connectivity index (χ3n) is 3.38. The number of ether oxygens (including phenoxy) is 1. The highest BCUT2D eigenvalue weighted by Crippen LogP contribution is 2.19. The van der Waals surface area contributed by atoms with Gasteiger partial charge in [0.1, 0.15) is 23.8 Å². The van der Waals surface area contributed by atoms with Crippen LogP contribution >= 0.6 is 0 Å². The van der Waals surface area contributed by atoms with Gasteiger partial charge in [0.25, 0.3) is 0 Å². The molecule has 0 fully saturated rings. The van der Waals surface area contributed by atoms with Gasteiger partial charge in [-0.3, -0.25) is 4.57 Å². The molecule has 1 aromatic carbocycles. The number of nitrogen functional groups attached to an aromatic ring is 1. The fourth-order valence-electron chi connectivity index (χ4n) is 2.31. The molecule has 0 spiro atoms. The Bertz CT molecular complexity index is 896. The number of nitrogens with zero attached hydrogens (tertiary/aromatic N) is 4. The number of nitrogens with two attached hydrogens (primary N) is 1. The van der Waals surface area contributed by atoms with Crippen LogP contribution in [0.2, 0.25) is 0 Å². The summed E-state index contributed by atoms with van der Waals surface area (Å²) in [6.45, 7) is 5.63. The van der Waals surface area contributed by atoms with Gasteiger partial charge in [-0.25, -0.2) is 19.7 Å². The van der Waals surface area contributed by atoms with Crippen LogP contribution in [0.25, 0.3) is 16.9 Å². The number of alkyl carbamates (subject to hydrolysis) is 1. The van der Waals surface area contributed by atoms with Gasteiger partial charge in [0.2, 0.25) is 0 Å². The molecule has 0 bridgehead atoms. The lowest BCUT2D eigenvalue weighted by Gasteiger charge is -2.19. The van der Waals surface area contributed by atoms with Gasteiger partial charge >= 0.3 is 6.09 Å². The SMILES string of the molecule is CC(C)(C)OC(=O)NCc1ncnc2c1ncn2-c1ccc(N)cc1. The Morgan fingerprint density at radius 1 is 1.20 bits per heavy atom. The predicted molar refractivity (Wildman–Crippen MR) is 94.1 cm³/mol. The first kappa shape index (κ1) is 16.7. The standard InChI is InChI=1S/C17H20N6O2/c1-17(2,3)25-16(24)19-8-13-14-15(21-9-20-13)23(10-22-14)12-6-4-11(18)5-7-12/h4-7,9-10H,8,18H2,1-3H3,(H,19,24). The van der Waals surface area contributed by atoms with Gasteiger partial charge in [-0.05, 0) is 45.0 Å². The van der Waals surface area contributed by atoms with Gasteiger partial charge in [0.05, 0.1) is 12.2 Å². The molecule has 0 aliphatic heterocycles. The highest BCUT2D eigenvalue weighted by atomic mass is 16.6. The third kappa shape index (κ3) is 3.85. The van der Waals surface area contributed by atoms with Crippen LogP contribution in [0.4, 0.5) is 10.5 Å². The Hall–Kier alpha value is -3.16. The van der Waals surface area contributed by atoms with Gasteiger partial charge < -0.3 is 15.8 Å². The first-order chi connectivity index (χ1) is 11.8. The zero-order valence-corrected chi connectivity index (χ0v) is 14.4. The third-order valence-corrected chi connectivity index (χ3v) is 3.38. The van der Waals surface area contributed by atoms with E-state index in [0.717, 1.165) is 5.69 Å². The van der Waals surface area contributed by atoms with E-state index < -0.39 is 11.7 Å². The fourth-order valence-corrected chi connectivity index (χ4v) is 2.31.